The minimum absolute atomic E-state index is 0.181. The molecular weight excluding hydrogens is 200 g/mol. The first-order valence-electron chi connectivity index (χ1n) is 6.72. The predicted octanol–water partition coefficient (Wildman–Crippen LogP) is 1.67. The number of carbonyl (C=O) groups excluding carboxylic acids is 1. The van der Waals surface area contributed by atoms with E-state index >= 15 is 0 Å². The molecule has 0 saturated heterocycles. The van der Waals surface area contributed by atoms with Crippen molar-refractivity contribution >= 4 is 5.91 Å². The van der Waals surface area contributed by atoms with Crippen LogP contribution in [0, 0.1) is 17.8 Å². The molecule has 1 amide bonds. The van der Waals surface area contributed by atoms with E-state index in [-0.39, 0.29) is 11.8 Å². The van der Waals surface area contributed by atoms with Crippen molar-refractivity contribution in [1.82, 2.24) is 5.32 Å². The lowest BCUT2D eigenvalue weighted by Crippen LogP contribution is -2.43. The Balaban J connectivity index is 1.85. The molecule has 0 aliphatic heterocycles. The molecule has 3 nitrogen and oxygen atoms in total. The van der Waals surface area contributed by atoms with Crippen molar-refractivity contribution in [3.63, 3.8) is 0 Å². The number of nitrogens with two attached hydrogens (primary N) is 1. The van der Waals surface area contributed by atoms with Gasteiger partial charge < -0.3 is 11.1 Å². The van der Waals surface area contributed by atoms with Gasteiger partial charge in [-0.25, -0.2) is 0 Å². The van der Waals surface area contributed by atoms with Crippen LogP contribution in [0.5, 0.6) is 0 Å². The molecule has 16 heavy (non-hydrogen) atoms. The van der Waals surface area contributed by atoms with E-state index in [0.717, 1.165) is 18.8 Å². The van der Waals surface area contributed by atoms with Crippen LogP contribution >= 0.6 is 0 Å². The molecule has 3 unspecified atom stereocenters. The standard InChI is InChI=1S/C13H24N2O/c1-9(10-6-7-10)15-13(16)12-5-3-2-4-11(12)8-14/h9-12H,2-8,14H2,1H3,(H,15,16). The topological polar surface area (TPSA) is 55.1 Å². The Hall–Kier alpha value is -0.570. The molecule has 0 spiro atoms. The fourth-order valence-corrected chi connectivity index (χ4v) is 2.88. The minimum atomic E-state index is 0.181. The molecule has 2 aliphatic rings. The van der Waals surface area contributed by atoms with E-state index < -0.39 is 0 Å². The summed E-state index contributed by atoms with van der Waals surface area (Å²) in [5, 5.41) is 3.18. The summed E-state index contributed by atoms with van der Waals surface area (Å²) in [4.78, 5) is 12.1. The highest BCUT2D eigenvalue weighted by molar-refractivity contribution is 5.79. The molecule has 0 aromatic carbocycles. The van der Waals surface area contributed by atoms with Crippen molar-refractivity contribution in [2.45, 2.75) is 51.5 Å². The number of nitrogens with one attached hydrogen (secondary N) is 1. The molecule has 2 fully saturated rings. The van der Waals surface area contributed by atoms with E-state index in [4.69, 9.17) is 5.73 Å². The maximum absolute atomic E-state index is 12.1. The highest BCUT2D eigenvalue weighted by Crippen LogP contribution is 2.34. The Labute approximate surface area is 98.2 Å². The maximum Gasteiger partial charge on any atom is 0.223 e. The summed E-state index contributed by atoms with van der Waals surface area (Å²) in [6, 6.07) is 0.368. The highest BCUT2D eigenvalue weighted by atomic mass is 16.2. The lowest BCUT2D eigenvalue weighted by Gasteiger charge is -2.30. The number of hydrogen-bond acceptors (Lipinski definition) is 2. The Bertz CT molecular complexity index is 250. The Kier molecular flexibility index (Phi) is 3.85. The van der Waals surface area contributed by atoms with Gasteiger partial charge in [-0.1, -0.05) is 12.8 Å². The van der Waals surface area contributed by atoms with E-state index in [1.165, 1.54) is 25.7 Å². The largest absolute Gasteiger partial charge is 0.353 e. The average Bonchev–Trinajstić information content (AvgIpc) is 3.12. The molecule has 2 saturated carbocycles. The summed E-state index contributed by atoms with van der Waals surface area (Å²) < 4.78 is 0. The van der Waals surface area contributed by atoms with Gasteiger partial charge in [-0.05, 0) is 51.0 Å². The summed E-state index contributed by atoms with van der Waals surface area (Å²) >= 11 is 0. The molecule has 92 valence electrons. The molecule has 0 aromatic heterocycles. The van der Waals surface area contributed by atoms with Gasteiger partial charge in [0.25, 0.3) is 0 Å². The van der Waals surface area contributed by atoms with Crippen molar-refractivity contribution in [3.05, 3.63) is 0 Å². The second kappa shape index (κ2) is 5.17. The van der Waals surface area contributed by atoms with Gasteiger partial charge in [0.2, 0.25) is 5.91 Å². The van der Waals surface area contributed by atoms with Crippen LogP contribution in [-0.4, -0.2) is 18.5 Å². The van der Waals surface area contributed by atoms with E-state index in [1.54, 1.807) is 0 Å². The van der Waals surface area contributed by atoms with Crippen molar-refractivity contribution in [2.24, 2.45) is 23.5 Å². The van der Waals surface area contributed by atoms with Gasteiger partial charge in [-0.15, -0.1) is 0 Å². The third kappa shape index (κ3) is 2.76. The second-order valence-electron chi connectivity index (χ2n) is 5.52. The van der Waals surface area contributed by atoms with Gasteiger partial charge in [0.1, 0.15) is 0 Å². The van der Waals surface area contributed by atoms with Gasteiger partial charge in [-0.2, -0.15) is 0 Å². The van der Waals surface area contributed by atoms with Gasteiger partial charge in [0.15, 0.2) is 0 Å². The predicted molar refractivity (Wildman–Crippen MR) is 64.8 cm³/mol. The molecular formula is C13H24N2O. The Morgan fingerprint density at radius 2 is 2.00 bits per heavy atom. The highest BCUT2D eigenvalue weighted by Gasteiger charge is 2.34. The molecule has 0 bridgehead atoms. The van der Waals surface area contributed by atoms with Crippen LogP contribution in [0.1, 0.15) is 45.4 Å². The number of hydrogen-bond donors (Lipinski definition) is 2. The molecule has 3 atom stereocenters. The Morgan fingerprint density at radius 3 is 2.62 bits per heavy atom. The van der Waals surface area contributed by atoms with Crippen molar-refractivity contribution in [1.29, 1.82) is 0 Å². The summed E-state index contributed by atoms with van der Waals surface area (Å²) in [6.45, 7) is 2.80. The molecule has 3 N–H and O–H groups in total. The van der Waals surface area contributed by atoms with Crippen LogP contribution in [0.2, 0.25) is 0 Å². The van der Waals surface area contributed by atoms with Crippen molar-refractivity contribution < 1.29 is 4.79 Å². The minimum Gasteiger partial charge on any atom is -0.353 e. The molecule has 3 heteroatoms. The zero-order valence-corrected chi connectivity index (χ0v) is 10.2. The quantitative estimate of drug-likeness (QED) is 0.763. The third-order valence-electron chi connectivity index (χ3n) is 4.25. The van der Waals surface area contributed by atoms with Crippen LogP contribution in [0.15, 0.2) is 0 Å². The van der Waals surface area contributed by atoms with E-state index in [9.17, 15) is 4.79 Å². The first-order valence-corrected chi connectivity index (χ1v) is 6.72. The normalized spacial score (nSPS) is 32.1. The monoisotopic (exact) mass is 224 g/mol. The first kappa shape index (κ1) is 11.9. The molecule has 2 aliphatic carbocycles. The Morgan fingerprint density at radius 1 is 1.31 bits per heavy atom. The SMILES string of the molecule is CC(NC(=O)C1CCCCC1CN)C1CC1. The fraction of sp³-hybridized carbons (Fsp3) is 0.923. The smallest absolute Gasteiger partial charge is 0.223 e. The lowest BCUT2D eigenvalue weighted by atomic mass is 9.78. The number of amides is 1. The van der Waals surface area contributed by atoms with Crippen LogP contribution < -0.4 is 11.1 Å². The average molecular weight is 224 g/mol. The van der Waals surface area contributed by atoms with Crippen molar-refractivity contribution in [2.75, 3.05) is 6.54 Å². The number of carbonyl (C=O) groups is 1. The summed E-state index contributed by atoms with van der Waals surface area (Å²) in [7, 11) is 0. The van der Waals surface area contributed by atoms with Crippen LogP contribution in [0.3, 0.4) is 0 Å². The summed E-state index contributed by atoms with van der Waals surface area (Å²) in [5.74, 6) is 1.60. The molecule has 0 radical (unpaired) electrons. The zero-order chi connectivity index (χ0) is 11.5. The van der Waals surface area contributed by atoms with E-state index in [2.05, 4.69) is 12.2 Å². The fourth-order valence-electron chi connectivity index (χ4n) is 2.88. The van der Waals surface area contributed by atoms with Gasteiger partial charge >= 0.3 is 0 Å². The third-order valence-corrected chi connectivity index (χ3v) is 4.25. The van der Waals surface area contributed by atoms with Gasteiger partial charge in [0.05, 0.1) is 0 Å². The lowest BCUT2D eigenvalue weighted by molar-refractivity contribution is -0.128. The number of rotatable bonds is 4. The second-order valence-corrected chi connectivity index (χ2v) is 5.52. The summed E-state index contributed by atoms with van der Waals surface area (Å²) in [5.41, 5.74) is 5.75. The molecule has 0 aromatic rings. The van der Waals surface area contributed by atoms with E-state index in [0.29, 0.717) is 18.5 Å². The van der Waals surface area contributed by atoms with Crippen LogP contribution in [0.4, 0.5) is 0 Å². The summed E-state index contributed by atoms with van der Waals surface area (Å²) in [6.07, 6.45) is 7.16. The first-order chi connectivity index (χ1) is 7.72. The van der Waals surface area contributed by atoms with Crippen molar-refractivity contribution in [3.8, 4) is 0 Å². The van der Waals surface area contributed by atoms with E-state index in [1.807, 2.05) is 0 Å². The van der Waals surface area contributed by atoms with Crippen LogP contribution in [-0.2, 0) is 4.79 Å². The zero-order valence-electron chi connectivity index (χ0n) is 10.2. The molecule has 2 rings (SSSR count). The van der Waals surface area contributed by atoms with Gasteiger partial charge in [-0.3, -0.25) is 4.79 Å². The van der Waals surface area contributed by atoms with Crippen LogP contribution in [0.25, 0.3) is 0 Å². The molecule has 0 heterocycles. The van der Waals surface area contributed by atoms with Gasteiger partial charge in [0, 0.05) is 12.0 Å². The maximum atomic E-state index is 12.1.